The number of ether oxygens (including phenoxy) is 1. The van der Waals surface area contributed by atoms with Crippen molar-refractivity contribution in [2.24, 2.45) is 0 Å². The maximum atomic E-state index is 11.1. The first-order valence-corrected chi connectivity index (χ1v) is 6.28. The Morgan fingerprint density at radius 1 is 1.19 bits per heavy atom. The van der Waals surface area contributed by atoms with Crippen molar-refractivity contribution in [3.05, 3.63) is 47.8 Å². The van der Waals surface area contributed by atoms with E-state index in [1.54, 1.807) is 37.4 Å². The van der Waals surface area contributed by atoms with Crippen LogP contribution < -0.4 is 11.5 Å². The zero-order valence-electron chi connectivity index (χ0n) is 11.7. The highest BCUT2D eigenvalue weighted by atomic mass is 16.5. The predicted octanol–water partition coefficient (Wildman–Crippen LogP) is 0.997. The van der Waals surface area contributed by atoms with Gasteiger partial charge in [0.25, 0.3) is 0 Å². The second kappa shape index (κ2) is 8.49. The van der Waals surface area contributed by atoms with Crippen LogP contribution in [-0.2, 0) is 11.3 Å². The maximum absolute atomic E-state index is 11.1. The molecule has 2 rings (SSSR count). The van der Waals surface area contributed by atoms with E-state index in [-0.39, 0.29) is 12.4 Å². The number of hydrogen-bond acceptors (Lipinski definition) is 7. The van der Waals surface area contributed by atoms with Crippen molar-refractivity contribution in [2.45, 2.75) is 13.5 Å². The smallest absolute Gasteiger partial charge is 0.341 e. The third-order valence-corrected chi connectivity index (χ3v) is 2.43. The SMILES string of the molecule is CCOC(=O)c1cccnc1N.Nc1ncccc1CO. The Morgan fingerprint density at radius 2 is 1.81 bits per heavy atom. The standard InChI is InChI=1S/C8H10N2O2.C6H8N2O/c1-2-12-8(11)6-4-3-5-10-7(6)9;7-6-5(4-9)2-1-3-8-6/h3-5H,2H2,1H3,(H2,9,10);1-3,9H,4H2,(H2,7,8). The minimum Gasteiger partial charge on any atom is -0.462 e. The number of carbonyl (C=O) groups is 1. The molecule has 21 heavy (non-hydrogen) atoms. The molecule has 0 atom stereocenters. The van der Waals surface area contributed by atoms with Gasteiger partial charge < -0.3 is 21.3 Å². The monoisotopic (exact) mass is 290 g/mol. The van der Waals surface area contributed by atoms with Crippen LogP contribution in [0.25, 0.3) is 0 Å². The number of nitrogens with zero attached hydrogens (tertiary/aromatic N) is 2. The molecule has 0 aromatic carbocycles. The summed E-state index contributed by atoms with van der Waals surface area (Å²) in [6.07, 6.45) is 3.12. The van der Waals surface area contributed by atoms with Gasteiger partial charge in [-0.05, 0) is 25.1 Å². The largest absolute Gasteiger partial charge is 0.462 e. The number of esters is 1. The zero-order chi connectivity index (χ0) is 15.7. The summed E-state index contributed by atoms with van der Waals surface area (Å²) < 4.78 is 4.75. The Labute approximate surface area is 122 Å². The molecule has 7 nitrogen and oxygen atoms in total. The lowest BCUT2D eigenvalue weighted by Gasteiger charge is -2.02. The highest BCUT2D eigenvalue weighted by Crippen LogP contribution is 2.08. The zero-order valence-corrected chi connectivity index (χ0v) is 11.7. The molecule has 0 aliphatic rings. The van der Waals surface area contributed by atoms with Crippen LogP contribution in [0.15, 0.2) is 36.7 Å². The van der Waals surface area contributed by atoms with E-state index in [0.717, 1.165) is 0 Å². The average Bonchev–Trinajstić information content (AvgIpc) is 2.49. The van der Waals surface area contributed by atoms with Crippen molar-refractivity contribution >= 4 is 17.6 Å². The Balaban J connectivity index is 0.000000219. The molecule has 0 bridgehead atoms. The molecule has 0 amide bonds. The van der Waals surface area contributed by atoms with Gasteiger partial charge in [-0.2, -0.15) is 0 Å². The summed E-state index contributed by atoms with van der Waals surface area (Å²) in [6.45, 7) is 2.04. The van der Waals surface area contributed by atoms with E-state index < -0.39 is 5.97 Å². The number of hydrogen-bond donors (Lipinski definition) is 3. The second-order valence-electron chi connectivity index (χ2n) is 3.86. The first-order valence-electron chi connectivity index (χ1n) is 6.28. The predicted molar refractivity (Wildman–Crippen MR) is 79.2 cm³/mol. The normalized spacial score (nSPS) is 9.43. The molecule has 0 aliphatic carbocycles. The van der Waals surface area contributed by atoms with E-state index in [0.29, 0.717) is 23.6 Å². The highest BCUT2D eigenvalue weighted by molar-refractivity contribution is 5.93. The lowest BCUT2D eigenvalue weighted by molar-refractivity contribution is 0.0527. The van der Waals surface area contributed by atoms with Crippen molar-refractivity contribution in [1.29, 1.82) is 0 Å². The number of anilines is 2. The summed E-state index contributed by atoms with van der Waals surface area (Å²) in [6, 6.07) is 6.70. The molecular weight excluding hydrogens is 272 g/mol. The van der Waals surface area contributed by atoms with Gasteiger partial charge in [0.2, 0.25) is 0 Å². The summed E-state index contributed by atoms with van der Waals surface area (Å²) in [5.74, 6) is 0.180. The molecule has 0 fully saturated rings. The lowest BCUT2D eigenvalue weighted by Crippen LogP contribution is -2.08. The topological polar surface area (TPSA) is 124 Å². The fourth-order valence-corrected chi connectivity index (χ4v) is 1.38. The van der Waals surface area contributed by atoms with E-state index in [9.17, 15) is 4.79 Å². The molecule has 0 radical (unpaired) electrons. The molecule has 0 saturated heterocycles. The van der Waals surface area contributed by atoms with Crippen molar-refractivity contribution in [3.8, 4) is 0 Å². The number of pyridine rings is 2. The van der Waals surface area contributed by atoms with Crippen LogP contribution in [-0.4, -0.2) is 27.7 Å². The van der Waals surface area contributed by atoms with Gasteiger partial charge >= 0.3 is 5.97 Å². The number of carbonyl (C=O) groups excluding carboxylic acids is 1. The third kappa shape index (κ3) is 5.07. The van der Waals surface area contributed by atoms with Gasteiger partial charge in [0, 0.05) is 18.0 Å². The fourth-order valence-electron chi connectivity index (χ4n) is 1.38. The van der Waals surface area contributed by atoms with Crippen LogP contribution in [0.2, 0.25) is 0 Å². The minimum absolute atomic E-state index is 0.0420. The van der Waals surface area contributed by atoms with Crippen LogP contribution in [0.3, 0.4) is 0 Å². The maximum Gasteiger partial charge on any atom is 0.341 e. The Hall–Kier alpha value is -2.67. The van der Waals surface area contributed by atoms with Crippen LogP contribution >= 0.6 is 0 Å². The van der Waals surface area contributed by atoms with Gasteiger partial charge in [0.05, 0.1) is 13.2 Å². The average molecular weight is 290 g/mol. The van der Waals surface area contributed by atoms with Crippen molar-refractivity contribution in [1.82, 2.24) is 9.97 Å². The Morgan fingerprint density at radius 3 is 2.29 bits per heavy atom. The third-order valence-electron chi connectivity index (χ3n) is 2.43. The molecule has 0 spiro atoms. The first-order chi connectivity index (χ1) is 10.1. The van der Waals surface area contributed by atoms with Crippen LogP contribution in [0.1, 0.15) is 22.8 Å². The number of nitrogens with two attached hydrogens (primary N) is 2. The van der Waals surface area contributed by atoms with Crippen LogP contribution in [0.4, 0.5) is 11.6 Å². The fraction of sp³-hybridized carbons (Fsp3) is 0.214. The quantitative estimate of drug-likeness (QED) is 0.720. The summed E-state index contributed by atoms with van der Waals surface area (Å²) in [4.78, 5) is 18.7. The number of aliphatic hydroxyl groups is 1. The second-order valence-corrected chi connectivity index (χ2v) is 3.86. The van der Waals surface area contributed by atoms with E-state index >= 15 is 0 Å². The molecule has 2 aromatic heterocycles. The van der Waals surface area contributed by atoms with Gasteiger partial charge in [-0.3, -0.25) is 0 Å². The number of aliphatic hydroxyl groups excluding tert-OH is 1. The Bertz CT molecular complexity index is 590. The molecule has 0 saturated carbocycles. The molecule has 112 valence electrons. The van der Waals surface area contributed by atoms with Gasteiger partial charge in [-0.1, -0.05) is 6.07 Å². The molecule has 2 aromatic rings. The number of nitrogen functional groups attached to an aromatic ring is 2. The van der Waals surface area contributed by atoms with Crippen LogP contribution in [0.5, 0.6) is 0 Å². The molecule has 5 N–H and O–H groups in total. The minimum atomic E-state index is -0.428. The molecule has 2 heterocycles. The summed E-state index contributed by atoms with van der Waals surface area (Å²) in [5.41, 5.74) is 11.8. The van der Waals surface area contributed by atoms with Crippen molar-refractivity contribution in [2.75, 3.05) is 18.1 Å². The number of aromatic nitrogens is 2. The summed E-state index contributed by atoms with van der Waals surface area (Å²) >= 11 is 0. The van der Waals surface area contributed by atoms with E-state index in [1.165, 1.54) is 6.20 Å². The Kier molecular flexibility index (Phi) is 6.62. The summed E-state index contributed by atoms with van der Waals surface area (Å²) in [5, 5.41) is 8.60. The van der Waals surface area contributed by atoms with Crippen molar-refractivity contribution < 1.29 is 14.6 Å². The first kappa shape index (κ1) is 16.4. The molecule has 0 unspecified atom stereocenters. The summed E-state index contributed by atoms with van der Waals surface area (Å²) in [7, 11) is 0. The number of rotatable bonds is 3. The van der Waals surface area contributed by atoms with Gasteiger partial charge in [0.1, 0.15) is 17.2 Å². The highest BCUT2D eigenvalue weighted by Gasteiger charge is 2.09. The van der Waals surface area contributed by atoms with Gasteiger partial charge in [0.15, 0.2) is 0 Å². The van der Waals surface area contributed by atoms with E-state index in [4.69, 9.17) is 21.3 Å². The van der Waals surface area contributed by atoms with Gasteiger partial charge in [-0.25, -0.2) is 14.8 Å². The van der Waals surface area contributed by atoms with E-state index in [2.05, 4.69) is 9.97 Å². The van der Waals surface area contributed by atoms with Crippen LogP contribution in [0, 0.1) is 0 Å². The van der Waals surface area contributed by atoms with E-state index in [1.807, 2.05) is 0 Å². The molecule has 7 heteroatoms. The lowest BCUT2D eigenvalue weighted by atomic mass is 10.2. The van der Waals surface area contributed by atoms with Gasteiger partial charge in [-0.15, -0.1) is 0 Å². The molecule has 0 aliphatic heterocycles. The molecular formula is C14H18N4O3. The van der Waals surface area contributed by atoms with Crippen molar-refractivity contribution in [3.63, 3.8) is 0 Å².